The van der Waals surface area contributed by atoms with Crippen LogP contribution in [-0.2, 0) is 11.2 Å². The van der Waals surface area contributed by atoms with Gasteiger partial charge in [-0.15, -0.1) is 0 Å². The van der Waals surface area contributed by atoms with Crippen molar-refractivity contribution in [2.45, 2.75) is 59.3 Å². The minimum absolute atomic E-state index is 0.0367. The van der Waals surface area contributed by atoms with Gasteiger partial charge in [-0.2, -0.15) is 0 Å². The summed E-state index contributed by atoms with van der Waals surface area (Å²) < 4.78 is 5.61. The normalized spacial score (nSPS) is 12.2. The number of ether oxygens (including phenoxy) is 1. The third kappa shape index (κ3) is 5.06. The van der Waals surface area contributed by atoms with E-state index in [1.54, 1.807) is 0 Å². The number of hydrogen-bond donors (Lipinski definition) is 0. The van der Waals surface area contributed by atoms with Crippen molar-refractivity contribution in [3.8, 4) is 5.75 Å². The average Bonchev–Trinajstić information content (AvgIpc) is 2.42. The standard InChI is InChI=1S/C17H26O2/c1-4-7-11-14(6-3)17(18)19-16-13-9-8-12-15(16)10-5-2/h8-9,12-14H,4-7,10-11H2,1-3H3. The number of para-hydroxylation sites is 1. The molecular formula is C17H26O2. The predicted octanol–water partition coefficient (Wildman–Crippen LogP) is 4.76. The maximum Gasteiger partial charge on any atom is 0.314 e. The van der Waals surface area contributed by atoms with Crippen LogP contribution >= 0.6 is 0 Å². The third-order valence-electron chi connectivity index (χ3n) is 3.43. The summed E-state index contributed by atoms with van der Waals surface area (Å²) in [6.07, 6.45) is 6.01. The van der Waals surface area contributed by atoms with E-state index < -0.39 is 0 Å². The van der Waals surface area contributed by atoms with Crippen molar-refractivity contribution in [2.24, 2.45) is 5.92 Å². The van der Waals surface area contributed by atoms with Gasteiger partial charge in [0.1, 0.15) is 5.75 Å². The van der Waals surface area contributed by atoms with E-state index >= 15 is 0 Å². The molecule has 0 aliphatic heterocycles. The lowest BCUT2D eigenvalue weighted by molar-refractivity contribution is -0.139. The van der Waals surface area contributed by atoms with Gasteiger partial charge in [0.05, 0.1) is 5.92 Å². The molecule has 0 aliphatic rings. The molecule has 0 heterocycles. The fraction of sp³-hybridized carbons (Fsp3) is 0.588. The number of carbonyl (C=O) groups is 1. The van der Waals surface area contributed by atoms with Crippen LogP contribution in [0.2, 0.25) is 0 Å². The maximum atomic E-state index is 12.2. The minimum atomic E-state index is -0.0699. The van der Waals surface area contributed by atoms with Gasteiger partial charge >= 0.3 is 5.97 Å². The topological polar surface area (TPSA) is 26.3 Å². The molecule has 0 amide bonds. The lowest BCUT2D eigenvalue weighted by Gasteiger charge is -2.15. The zero-order valence-corrected chi connectivity index (χ0v) is 12.4. The van der Waals surface area contributed by atoms with Crippen LogP contribution in [-0.4, -0.2) is 5.97 Å². The monoisotopic (exact) mass is 262 g/mol. The highest BCUT2D eigenvalue weighted by Crippen LogP contribution is 2.22. The molecule has 2 nitrogen and oxygen atoms in total. The van der Waals surface area contributed by atoms with Gasteiger partial charge in [-0.1, -0.05) is 58.2 Å². The van der Waals surface area contributed by atoms with Crippen LogP contribution in [0.25, 0.3) is 0 Å². The molecule has 0 fully saturated rings. The van der Waals surface area contributed by atoms with Crippen molar-refractivity contribution >= 4 is 5.97 Å². The molecule has 0 aromatic heterocycles. The lowest BCUT2D eigenvalue weighted by Crippen LogP contribution is -2.20. The molecule has 0 saturated heterocycles. The predicted molar refractivity (Wildman–Crippen MR) is 79.4 cm³/mol. The summed E-state index contributed by atoms with van der Waals surface area (Å²) in [7, 11) is 0. The van der Waals surface area contributed by atoms with E-state index in [1.165, 1.54) is 0 Å². The highest BCUT2D eigenvalue weighted by atomic mass is 16.5. The van der Waals surface area contributed by atoms with Gasteiger partial charge in [-0.3, -0.25) is 4.79 Å². The quantitative estimate of drug-likeness (QED) is 0.498. The molecule has 0 spiro atoms. The molecular weight excluding hydrogens is 236 g/mol. The van der Waals surface area contributed by atoms with E-state index in [2.05, 4.69) is 20.8 Å². The summed E-state index contributed by atoms with van der Waals surface area (Å²) >= 11 is 0. The van der Waals surface area contributed by atoms with Crippen LogP contribution in [0.15, 0.2) is 24.3 Å². The second kappa shape index (κ2) is 8.73. The molecule has 0 saturated carbocycles. The SMILES string of the molecule is CCCCC(CC)C(=O)Oc1ccccc1CCC. The molecule has 19 heavy (non-hydrogen) atoms. The van der Waals surface area contributed by atoms with Gasteiger partial charge in [-0.05, 0) is 30.9 Å². The minimum Gasteiger partial charge on any atom is -0.426 e. The Morgan fingerprint density at radius 2 is 1.89 bits per heavy atom. The van der Waals surface area contributed by atoms with Crippen molar-refractivity contribution in [1.82, 2.24) is 0 Å². The molecule has 0 bridgehead atoms. The number of hydrogen-bond acceptors (Lipinski definition) is 2. The Hall–Kier alpha value is -1.31. The number of rotatable bonds is 8. The zero-order chi connectivity index (χ0) is 14.1. The van der Waals surface area contributed by atoms with E-state index in [1.807, 2.05) is 24.3 Å². The second-order valence-corrected chi connectivity index (χ2v) is 5.03. The molecule has 1 unspecified atom stereocenters. The van der Waals surface area contributed by atoms with Crippen LogP contribution in [0.3, 0.4) is 0 Å². The number of carbonyl (C=O) groups excluding carboxylic acids is 1. The largest absolute Gasteiger partial charge is 0.426 e. The van der Waals surface area contributed by atoms with Gasteiger partial charge in [0.2, 0.25) is 0 Å². The highest BCUT2D eigenvalue weighted by Gasteiger charge is 2.19. The smallest absolute Gasteiger partial charge is 0.314 e. The van der Waals surface area contributed by atoms with Crippen LogP contribution in [0.5, 0.6) is 5.75 Å². The van der Waals surface area contributed by atoms with E-state index in [9.17, 15) is 4.79 Å². The van der Waals surface area contributed by atoms with Crippen molar-refractivity contribution in [2.75, 3.05) is 0 Å². The van der Waals surface area contributed by atoms with Crippen molar-refractivity contribution in [1.29, 1.82) is 0 Å². The number of unbranched alkanes of at least 4 members (excludes halogenated alkanes) is 1. The zero-order valence-electron chi connectivity index (χ0n) is 12.4. The Morgan fingerprint density at radius 3 is 2.53 bits per heavy atom. The van der Waals surface area contributed by atoms with Gasteiger partial charge < -0.3 is 4.74 Å². The van der Waals surface area contributed by atoms with E-state index in [-0.39, 0.29) is 11.9 Å². The summed E-state index contributed by atoms with van der Waals surface area (Å²) in [4.78, 5) is 12.2. The lowest BCUT2D eigenvalue weighted by atomic mass is 9.99. The molecule has 0 N–H and O–H groups in total. The summed E-state index contributed by atoms with van der Waals surface area (Å²) in [5, 5.41) is 0. The third-order valence-corrected chi connectivity index (χ3v) is 3.43. The molecule has 1 atom stereocenters. The van der Waals surface area contributed by atoms with E-state index in [0.717, 1.165) is 49.8 Å². The van der Waals surface area contributed by atoms with Crippen molar-refractivity contribution in [3.05, 3.63) is 29.8 Å². The molecule has 1 rings (SSSR count). The molecule has 0 radical (unpaired) electrons. The average molecular weight is 262 g/mol. The molecule has 106 valence electrons. The van der Waals surface area contributed by atoms with Crippen LogP contribution in [0.1, 0.15) is 58.4 Å². The molecule has 2 heteroatoms. The van der Waals surface area contributed by atoms with Gasteiger partial charge in [-0.25, -0.2) is 0 Å². The van der Waals surface area contributed by atoms with Gasteiger partial charge in [0.15, 0.2) is 0 Å². The Balaban J connectivity index is 2.69. The molecule has 0 aliphatic carbocycles. The van der Waals surface area contributed by atoms with Crippen LogP contribution in [0, 0.1) is 5.92 Å². The van der Waals surface area contributed by atoms with Crippen molar-refractivity contribution in [3.63, 3.8) is 0 Å². The first-order valence-electron chi connectivity index (χ1n) is 7.52. The van der Waals surface area contributed by atoms with Crippen LogP contribution in [0.4, 0.5) is 0 Å². The van der Waals surface area contributed by atoms with E-state index in [0.29, 0.717) is 0 Å². The Bertz CT molecular complexity index is 385. The first-order chi connectivity index (χ1) is 9.22. The highest BCUT2D eigenvalue weighted by molar-refractivity contribution is 5.75. The van der Waals surface area contributed by atoms with Gasteiger partial charge in [0.25, 0.3) is 0 Å². The Kier molecular flexibility index (Phi) is 7.24. The molecule has 1 aromatic carbocycles. The first-order valence-corrected chi connectivity index (χ1v) is 7.52. The fourth-order valence-corrected chi connectivity index (χ4v) is 2.21. The summed E-state index contributed by atoms with van der Waals surface area (Å²) in [5.74, 6) is 0.707. The maximum absolute atomic E-state index is 12.2. The number of benzene rings is 1. The summed E-state index contributed by atoms with van der Waals surface area (Å²) in [6.45, 7) is 6.34. The summed E-state index contributed by atoms with van der Waals surface area (Å²) in [5.41, 5.74) is 1.13. The Labute approximate surface area is 117 Å². The number of esters is 1. The fourth-order valence-electron chi connectivity index (χ4n) is 2.21. The molecule has 1 aromatic rings. The van der Waals surface area contributed by atoms with Crippen molar-refractivity contribution < 1.29 is 9.53 Å². The van der Waals surface area contributed by atoms with Gasteiger partial charge in [0, 0.05) is 0 Å². The van der Waals surface area contributed by atoms with Crippen LogP contribution < -0.4 is 4.74 Å². The van der Waals surface area contributed by atoms with E-state index in [4.69, 9.17) is 4.74 Å². The second-order valence-electron chi connectivity index (χ2n) is 5.03. The Morgan fingerprint density at radius 1 is 1.16 bits per heavy atom. The summed E-state index contributed by atoms with van der Waals surface area (Å²) in [6, 6.07) is 7.86. The number of aryl methyl sites for hydroxylation is 1. The first kappa shape index (κ1) is 15.7.